The van der Waals surface area contributed by atoms with Crippen molar-refractivity contribution in [3.63, 3.8) is 0 Å². The highest BCUT2D eigenvalue weighted by Crippen LogP contribution is 2.14. The number of hydrogen-bond acceptors (Lipinski definition) is 4. The highest BCUT2D eigenvalue weighted by Gasteiger charge is 2.16. The Morgan fingerprint density at radius 3 is 2.35 bits per heavy atom. The first-order valence-electron chi connectivity index (χ1n) is 5.47. The Morgan fingerprint density at radius 2 is 1.88 bits per heavy atom. The highest BCUT2D eigenvalue weighted by molar-refractivity contribution is 5.96. The summed E-state index contributed by atoms with van der Waals surface area (Å²) in [5.74, 6) is -0.203. The summed E-state index contributed by atoms with van der Waals surface area (Å²) < 4.78 is 0. The molecular weight excluding hydrogens is 220 g/mol. The topological polar surface area (TPSA) is 86.8 Å². The molecule has 0 saturated heterocycles. The molecule has 0 spiro atoms. The standard InChI is InChI=1S/C12H18N2O3/c1-9-8-10(13)2-3-11(9)12(17)14(4-6-15)5-7-16/h2-3,8,15-16H,4-7,13H2,1H3. The van der Waals surface area contributed by atoms with E-state index in [1.165, 1.54) is 4.90 Å². The largest absolute Gasteiger partial charge is 0.399 e. The summed E-state index contributed by atoms with van der Waals surface area (Å²) >= 11 is 0. The lowest BCUT2D eigenvalue weighted by molar-refractivity contribution is 0.0684. The van der Waals surface area contributed by atoms with Gasteiger partial charge in [0.25, 0.3) is 5.91 Å². The molecule has 17 heavy (non-hydrogen) atoms. The van der Waals surface area contributed by atoms with Crippen LogP contribution in [0.25, 0.3) is 0 Å². The first-order valence-corrected chi connectivity index (χ1v) is 5.47. The van der Waals surface area contributed by atoms with Crippen LogP contribution in [0.2, 0.25) is 0 Å². The minimum Gasteiger partial charge on any atom is -0.399 e. The van der Waals surface area contributed by atoms with E-state index in [1.54, 1.807) is 25.1 Å². The van der Waals surface area contributed by atoms with E-state index in [4.69, 9.17) is 15.9 Å². The van der Waals surface area contributed by atoms with Gasteiger partial charge in [0, 0.05) is 24.3 Å². The third-order valence-electron chi connectivity index (χ3n) is 2.51. The number of carbonyl (C=O) groups is 1. The number of benzene rings is 1. The molecule has 0 radical (unpaired) electrons. The maximum absolute atomic E-state index is 12.1. The second-order valence-electron chi connectivity index (χ2n) is 3.81. The van der Waals surface area contributed by atoms with Gasteiger partial charge in [-0.25, -0.2) is 0 Å². The van der Waals surface area contributed by atoms with E-state index < -0.39 is 0 Å². The molecule has 0 fully saturated rings. The van der Waals surface area contributed by atoms with E-state index in [0.717, 1.165) is 5.56 Å². The maximum atomic E-state index is 12.1. The van der Waals surface area contributed by atoms with Gasteiger partial charge < -0.3 is 20.8 Å². The van der Waals surface area contributed by atoms with Crippen LogP contribution in [0.1, 0.15) is 15.9 Å². The number of amides is 1. The molecule has 1 amide bonds. The molecule has 1 aromatic rings. The molecular formula is C12H18N2O3. The zero-order valence-electron chi connectivity index (χ0n) is 9.89. The van der Waals surface area contributed by atoms with Crippen molar-refractivity contribution >= 4 is 11.6 Å². The third kappa shape index (κ3) is 3.44. The molecule has 0 bridgehead atoms. The van der Waals surface area contributed by atoms with Crippen molar-refractivity contribution < 1.29 is 15.0 Å². The molecule has 5 nitrogen and oxygen atoms in total. The van der Waals surface area contributed by atoms with Gasteiger partial charge in [0.1, 0.15) is 0 Å². The minimum atomic E-state index is -0.203. The third-order valence-corrected chi connectivity index (χ3v) is 2.51. The molecule has 0 aliphatic carbocycles. The van der Waals surface area contributed by atoms with Crippen LogP contribution in [0.15, 0.2) is 18.2 Å². The maximum Gasteiger partial charge on any atom is 0.254 e. The molecule has 94 valence electrons. The van der Waals surface area contributed by atoms with Crippen molar-refractivity contribution in [2.45, 2.75) is 6.92 Å². The van der Waals surface area contributed by atoms with Crippen LogP contribution in [0.4, 0.5) is 5.69 Å². The Morgan fingerprint density at radius 1 is 1.29 bits per heavy atom. The predicted octanol–water partition coefficient (Wildman–Crippen LogP) is 0.00402. The molecule has 0 heterocycles. The summed E-state index contributed by atoms with van der Waals surface area (Å²) in [7, 11) is 0. The second kappa shape index (κ2) is 6.22. The van der Waals surface area contributed by atoms with Crippen molar-refractivity contribution in [1.82, 2.24) is 4.90 Å². The number of aliphatic hydroxyl groups excluding tert-OH is 2. The average molecular weight is 238 g/mol. The van der Waals surface area contributed by atoms with Gasteiger partial charge in [-0.1, -0.05) is 0 Å². The van der Waals surface area contributed by atoms with Crippen LogP contribution in [0, 0.1) is 6.92 Å². The highest BCUT2D eigenvalue weighted by atomic mass is 16.3. The fourth-order valence-corrected chi connectivity index (χ4v) is 1.65. The molecule has 5 heteroatoms. The van der Waals surface area contributed by atoms with Gasteiger partial charge in [-0.05, 0) is 30.7 Å². The number of anilines is 1. The number of rotatable bonds is 5. The summed E-state index contributed by atoms with van der Waals surface area (Å²) in [6.45, 7) is 1.98. The Balaban J connectivity index is 2.92. The van der Waals surface area contributed by atoms with Gasteiger partial charge >= 0.3 is 0 Å². The van der Waals surface area contributed by atoms with Crippen LogP contribution < -0.4 is 5.73 Å². The Labute approximate surface area is 100 Å². The number of hydrogen-bond donors (Lipinski definition) is 3. The van der Waals surface area contributed by atoms with E-state index in [9.17, 15) is 4.79 Å². The van der Waals surface area contributed by atoms with E-state index in [1.807, 2.05) is 0 Å². The SMILES string of the molecule is Cc1cc(N)ccc1C(=O)N(CCO)CCO. The molecule has 4 N–H and O–H groups in total. The summed E-state index contributed by atoms with van der Waals surface area (Å²) in [6, 6.07) is 5.05. The molecule has 1 rings (SSSR count). The van der Waals surface area contributed by atoms with Crippen molar-refractivity contribution in [2.75, 3.05) is 32.0 Å². The molecule has 0 aromatic heterocycles. The van der Waals surface area contributed by atoms with Crippen molar-refractivity contribution in [3.05, 3.63) is 29.3 Å². The number of nitrogens with two attached hydrogens (primary N) is 1. The summed E-state index contributed by atoms with van der Waals surface area (Å²) in [5.41, 5.74) is 7.55. The minimum absolute atomic E-state index is 0.125. The summed E-state index contributed by atoms with van der Waals surface area (Å²) in [5, 5.41) is 17.8. The zero-order chi connectivity index (χ0) is 12.8. The number of aliphatic hydroxyl groups is 2. The Hall–Kier alpha value is -1.59. The van der Waals surface area contributed by atoms with Crippen molar-refractivity contribution in [2.24, 2.45) is 0 Å². The van der Waals surface area contributed by atoms with E-state index in [2.05, 4.69) is 0 Å². The molecule has 1 aromatic carbocycles. The fraction of sp³-hybridized carbons (Fsp3) is 0.417. The van der Waals surface area contributed by atoms with Gasteiger partial charge in [-0.3, -0.25) is 4.79 Å². The summed E-state index contributed by atoms with van der Waals surface area (Å²) in [4.78, 5) is 13.5. The number of carbonyl (C=O) groups excluding carboxylic acids is 1. The number of nitrogen functional groups attached to an aromatic ring is 1. The van der Waals surface area contributed by atoms with Crippen LogP contribution in [-0.2, 0) is 0 Å². The predicted molar refractivity (Wildman–Crippen MR) is 65.7 cm³/mol. The second-order valence-corrected chi connectivity index (χ2v) is 3.81. The van der Waals surface area contributed by atoms with Crippen molar-refractivity contribution in [3.8, 4) is 0 Å². The molecule has 0 aliphatic heterocycles. The van der Waals surface area contributed by atoms with Gasteiger partial charge in [-0.2, -0.15) is 0 Å². The first kappa shape index (κ1) is 13.5. The van der Waals surface area contributed by atoms with Crippen LogP contribution >= 0.6 is 0 Å². The smallest absolute Gasteiger partial charge is 0.254 e. The lowest BCUT2D eigenvalue weighted by atomic mass is 10.1. The number of nitrogens with zero attached hydrogens (tertiary/aromatic N) is 1. The van der Waals surface area contributed by atoms with Crippen molar-refractivity contribution in [1.29, 1.82) is 0 Å². The lowest BCUT2D eigenvalue weighted by Gasteiger charge is -2.21. The van der Waals surface area contributed by atoms with Crippen LogP contribution in [-0.4, -0.2) is 47.3 Å². The number of aryl methyl sites for hydroxylation is 1. The molecule has 0 aliphatic rings. The Bertz CT molecular complexity index is 387. The summed E-state index contributed by atoms with van der Waals surface area (Å²) in [6.07, 6.45) is 0. The van der Waals surface area contributed by atoms with Crippen LogP contribution in [0.3, 0.4) is 0 Å². The van der Waals surface area contributed by atoms with Crippen LogP contribution in [0.5, 0.6) is 0 Å². The molecule has 0 atom stereocenters. The van der Waals surface area contributed by atoms with E-state index in [-0.39, 0.29) is 32.2 Å². The first-order chi connectivity index (χ1) is 8.10. The van der Waals surface area contributed by atoms with Gasteiger partial charge in [0.15, 0.2) is 0 Å². The zero-order valence-corrected chi connectivity index (χ0v) is 9.89. The van der Waals surface area contributed by atoms with Gasteiger partial charge in [-0.15, -0.1) is 0 Å². The Kier molecular flexibility index (Phi) is 4.93. The fourth-order valence-electron chi connectivity index (χ4n) is 1.65. The quantitative estimate of drug-likeness (QED) is 0.630. The lowest BCUT2D eigenvalue weighted by Crippen LogP contribution is -2.36. The molecule has 0 saturated carbocycles. The molecule has 0 unspecified atom stereocenters. The van der Waals surface area contributed by atoms with E-state index >= 15 is 0 Å². The monoisotopic (exact) mass is 238 g/mol. The average Bonchev–Trinajstić information content (AvgIpc) is 2.28. The van der Waals surface area contributed by atoms with Gasteiger partial charge in [0.05, 0.1) is 13.2 Å². The normalized spacial score (nSPS) is 10.3. The van der Waals surface area contributed by atoms with E-state index in [0.29, 0.717) is 11.3 Å². The van der Waals surface area contributed by atoms with Gasteiger partial charge in [0.2, 0.25) is 0 Å².